The van der Waals surface area contributed by atoms with Crippen LogP contribution in [0.2, 0.25) is 10.0 Å². The van der Waals surface area contributed by atoms with E-state index in [2.05, 4.69) is 5.32 Å². The standard InChI is InChI=1S/C14H15Cl2NO3/c15-9-2-3-10(11(16)6-9)13(20)17-8-14(4-1-5-14)7-12(18)19/h2-3,6H,1,4-5,7-8H2,(H,17,20)(H,18,19). The van der Waals surface area contributed by atoms with Crippen molar-refractivity contribution in [3.05, 3.63) is 33.8 Å². The van der Waals surface area contributed by atoms with Crippen LogP contribution in [0.15, 0.2) is 18.2 Å². The number of carboxylic acid groups (broad SMARTS) is 1. The Balaban J connectivity index is 1.99. The van der Waals surface area contributed by atoms with E-state index in [9.17, 15) is 9.59 Å². The highest BCUT2D eigenvalue weighted by Gasteiger charge is 2.39. The van der Waals surface area contributed by atoms with Crippen molar-refractivity contribution in [2.75, 3.05) is 6.54 Å². The molecule has 6 heteroatoms. The van der Waals surface area contributed by atoms with Crippen molar-refractivity contribution in [1.29, 1.82) is 0 Å². The zero-order valence-electron chi connectivity index (χ0n) is 10.8. The van der Waals surface area contributed by atoms with E-state index in [1.807, 2.05) is 0 Å². The zero-order valence-corrected chi connectivity index (χ0v) is 12.3. The number of rotatable bonds is 5. The van der Waals surface area contributed by atoms with E-state index in [-0.39, 0.29) is 22.8 Å². The molecule has 1 aliphatic rings. The van der Waals surface area contributed by atoms with Crippen LogP contribution in [0.1, 0.15) is 36.0 Å². The monoisotopic (exact) mass is 315 g/mol. The lowest BCUT2D eigenvalue weighted by Crippen LogP contribution is -2.43. The third kappa shape index (κ3) is 3.44. The predicted octanol–water partition coefficient (Wildman–Crippen LogP) is 3.37. The molecule has 2 N–H and O–H groups in total. The fourth-order valence-electron chi connectivity index (χ4n) is 2.45. The molecule has 0 atom stereocenters. The van der Waals surface area contributed by atoms with Gasteiger partial charge in [0.2, 0.25) is 0 Å². The molecule has 0 saturated heterocycles. The maximum atomic E-state index is 12.1. The highest BCUT2D eigenvalue weighted by Crippen LogP contribution is 2.43. The molecular weight excluding hydrogens is 301 g/mol. The van der Waals surface area contributed by atoms with Crippen molar-refractivity contribution in [1.82, 2.24) is 5.32 Å². The highest BCUT2D eigenvalue weighted by atomic mass is 35.5. The first kappa shape index (κ1) is 15.1. The second kappa shape index (κ2) is 6.02. The summed E-state index contributed by atoms with van der Waals surface area (Å²) in [5, 5.41) is 12.5. The average molecular weight is 316 g/mol. The fraction of sp³-hybridized carbons (Fsp3) is 0.429. The van der Waals surface area contributed by atoms with Gasteiger partial charge in [-0.05, 0) is 36.5 Å². The van der Waals surface area contributed by atoms with E-state index in [0.717, 1.165) is 19.3 Å². The van der Waals surface area contributed by atoms with Crippen molar-refractivity contribution >= 4 is 35.1 Å². The Morgan fingerprint density at radius 3 is 2.50 bits per heavy atom. The summed E-state index contributed by atoms with van der Waals surface area (Å²) in [5.74, 6) is -1.13. The molecule has 1 aromatic rings. The number of hydrogen-bond donors (Lipinski definition) is 2. The molecule has 2 rings (SSSR count). The lowest BCUT2D eigenvalue weighted by Gasteiger charge is -2.40. The number of carboxylic acids is 1. The summed E-state index contributed by atoms with van der Waals surface area (Å²) in [4.78, 5) is 22.9. The second-order valence-corrected chi connectivity index (χ2v) is 6.07. The quantitative estimate of drug-likeness (QED) is 0.875. The van der Waals surface area contributed by atoms with Gasteiger partial charge in [-0.3, -0.25) is 9.59 Å². The van der Waals surface area contributed by atoms with Gasteiger partial charge in [-0.25, -0.2) is 0 Å². The number of aliphatic carboxylic acids is 1. The Bertz CT molecular complexity index is 541. The Labute approximate surface area is 127 Å². The summed E-state index contributed by atoms with van der Waals surface area (Å²) in [5.41, 5.74) is 0.0429. The number of benzene rings is 1. The number of hydrogen-bond acceptors (Lipinski definition) is 2. The summed E-state index contributed by atoms with van der Waals surface area (Å²) < 4.78 is 0. The Kier molecular flexibility index (Phi) is 4.55. The third-order valence-electron chi connectivity index (χ3n) is 3.74. The summed E-state index contributed by atoms with van der Waals surface area (Å²) in [6.45, 7) is 0.358. The minimum absolute atomic E-state index is 0.0850. The number of carbonyl (C=O) groups is 2. The van der Waals surface area contributed by atoms with Gasteiger partial charge in [-0.15, -0.1) is 0 Å². The third-order valence-corrected chi connectivity index (χ3v) is 4.29. The van der Waals surface area contributed by atoms with Crippen LogP contribution in [0.25, 0.3) is 0 Å². The highest BCUT2D eigenvalue weighted by molar-refractivity contribution is 6.36. The van der Waals surface area contributed by atoms with E-state index in [0.29, 0.717) is 17.1 Å². The lowest BCUT2D eigenvalue weighted by atomic mass is 9.66. The van der Waals surface area contributed by atoms with E-state index in [1.165, 1.54) is 6.07 Å². The molecule has 0 heterocycles. The van der Waals surface area contributed by atoms with Crippen LogP contribution in [0, 0.1) is 5.41 Å². The molecule has 0 spiro atoms. The van der Waals surface area contributed by atoms with Gasteiger partial charge in [0, 0.05) is 11.6 Å². The van der Waals surface area contributed by atoms with E-state index in [1.54, 1.807) is 12.1 Å². The van der Waals surface area contributed by atoms with Crippen LogP contribution < -0.4 is 5.32 Å². The Morgan fingerprint density at radius 1 is 1.30 bits per heavy atom. The van der Waals surface area contributed by atoms with Crippen LogP contribution in [-0.2, 0) is 4.79 Å². The van der Waals surface area contributed by atoms with Gasteiger partial charge in [0.05, 0.1) is 17.0 Å². The number of carbonyl (C=O) groups excluding carboxylic acids is 1. The molecule has 1 fully saturated rings. The number of halogens is 2. The predicted molar refractivity (Wildman–Crippen MR) is 77.3 cm³/mol. The number of amides is 1. The fourth-order valence-corrected chi connectivity index (χ4v) is 2.94. The summed E-state index contributed by atoms with van der Waals surface area (Å²) in [7, 11) is 0. The molecule has 1 aromatic carbocycles. The van der Waals surface area contributed by atoms with Gasteiger partial charge >= 0.3 is 5.97 Å². The van der Waals surface area contributed by atoms with Crippen LogP contribution in [0.5, 0.6) is 0 Å². The SMILES string of the molecule is O=C(O)CC1(CNC(=O)c2ccc(Cl)cc2Cl)CCC1. The van der Waals surface area contributed by atoms with E-state index < -0.39 is 5.97 Å². The van der Waals surface area contributed by atoms with Gasteiger partial charge in [-0.2, -0.15) is 0 Å². The molecule has 1 saturated carbocycles. The minimum atomic E-state index is -0.830. The van der Waals surface area contributed by atoms with Gasteiger partial charge in [0.1, 0.15) is 0 Å². The molecule has 20 heavy (non-hydrogen) atoms. The van der Waals surface area contributed by atoms with Crippen molar-refractivity contribution in [3.8, 4) is 0 Å². The molecule has 1 aliphatic carbocycles. The maximum absolute atomic E-state index is 12.1. The Hall–Kier alpha value is -1.26. The van der Waals surface area contributed by atoms with Crippen LogP contribution in [0.4, 0.5) is 0 Å². The molecule has 0 unspecified atom stereocenters. The van der Waals surface area contributed by atoms with Gasteiger partial charge < -0.3 is 10.4 Å². The lowest BCUT2D eigenvalue weighted by molar-refractivity contribution is -0.141. The normalized spacial score (nSPS) is 16.3. The first-order valence-electron chi connectivity index (χ1n) is 6.37. The summed E-state index contributed by atoms with van der Waals surface area (Å²) >= 11 is 11.7. The molecule has 108 valence electrons. The molecule has 0 aromatic heterocycles. The molecule has 4 nitrogen and oxygen atoms in total. The van der Waals surface area contributed by atoms with Gasteiger partial charge in [0.25, 0.3) is 5.91 Å². The van der Waals surface area contributed by atoms with Crippen molar-refractivity contribution in [2.45, 2.75) is 25.7 Å². The first-order chi connectivity index (χ1) is 9.42. The largest absolute Gasteiger partial charge is 0.481 e. The second-order valence-electron chi connectivity index (χ2n) is 5.23. The Morgan fingerprint density at radius 2 is 2.00 bits per heavy atom. The van der Waals surface area contributed by atoms with Crippen molar-refractivity contribution < 1.29 is 14.7 Å². The smallest absolute Gasteiger partial charge is 0.303 e. The van der Waals surface area contributed by atoms with Crippen LogP contribution in [0.3, 0.4) is 0 Å². The van der Waals surface area contributed by atoms with E-state index in [4.69, 9.17) is 28.3 Å². The zero-order chi connectivity index (χ0) is 14.8. The van der Waals surface area contributed by atoms with E-state index >= 15 is 0 Å². The molecule has 1 amide bonds. The molecular formula is C14H15Cl2NO3. The molecule has 0 bridgehead atoms. The van der Waals surface area contributed by atoms with Gasteiger partial charge in [0.15, 0.2) is 0 Å². The summed E-state index contributed by atoms with van der Waals surface area (Å²) in [6, 6.07) is 4.66. The van der Waals surface area contributed by atoms with Gasteiger partial charge in [-0.1, -0.05) is 29.6 Å². The van der Waals surface area contributed by atoms with Crippen molar-refractivity contribution in [2.24, 2.45) is 5.41 Å². The molecule has 0 radical (unpaired) electrons. The van der Waals surface area contributed by atoms with Crippen LogP contribution in [-0.4, -0.2) is 23.5 Å². The number of nitrogens with one attached hydrogen (secondary N) is 1. The maximum Gasteiger partial charge on any atom is 0.303 e. The first-order valence-corrected chi connectivity index (χ1v) is 7.13. The molecule has 0 aliphatic heterocycles. The summed E-state index contributed by atoms with van der Waals surface area (Å²) in [6.07, 6.45) is 2.74. The average Bonchev–Trinajstić information content (AvgIpc) is 2.31. The van der Waals surface area contributed by atoms with Crippen LogP contribution >= 0.6 is 23.2 Å². The minimum Gasteiger partial charge on any atom is -0.481 e. The topological polar surface area (TPSA) is 66.4 Å². The van der Waals surface area contributed by atoms with Crippen molar-refractivity contribution in [3.63, 3.8) is 0 Å².